The minimum Gasteiger partial charge on any atom is -0.324 e. The van der Waals surface area contributed by atoms with Crippen LogP contribution in [-0.2, 0) is 10.2 Å². The third kappa shape index (κ3) is 4.26. The highest BCUT2D eigenvalue weighted by Gasteiger charge is 2.12. The highest BCUT2D eigenvalue weighted by Crippen LogP contribution is 2.12. The number of benzene rings is 1. The Morgan fingerprint density at radius 2 is 1.78 bits per heavy atom. The number of anilines is 1. The Balaban J connectivity index is 0.00000289. The van der Waals surface area contributed by atoms with Gasteiger partial charge >= 0.3 is 10.2 Å². The molecule has 18 heavy (non-hydrogen) atoms. The van der Waals surface area contributed by atoms with Gasteiger partial charge in [-0.1, -0.05) is 0 Å². The molecule has 0 aromatic heterocycles. The van der Waals surface area contributed by atoms with Crippen molar-refractivity contribution in [1.29, 1.82) is 0 Å². The van der Waals surface area contributed by atoms with Gasteiger partial charge in [0.2, 0.25) is 0 Å². The molecule has 8 heteroatoms. The van der Waals surface area contributed by atoms with Crippen LogP contribution in [0.15, 0.2) is 24.3 Å². The van der Waals surface area contributed by atoms with Crippen LogP contribution in [-0.4, -0.2) is 39.1 Å². The lowest BCUT2D eigenvalue weighted by atomic mass is 10.1. The van der Waals surface area contributed by atoms with Gasteiger partial charge in [-0.05, 0) is 24.3 Å². The first kappa shape index (κ1) is 16.9. The van der Waals surface area contributed by atoms with Crippen molar-refractivity contribution in [3.8, 4) is 0 Å². The van der Waals surface area contributed by atoms with E-state index < -0.39 is 10.2 Å². The summed E-state index contributed by atoms with van der Waals surface area (Å²) in [5, 5.41) is 0. The number of nitrogens with zero attached hydrogens (tertiary/aromatic N) is 1. The van der Waals surface area contributed by atoms with Gasteiger partial charge in [0, 0.05) is 25.3 Å². The van der Waals surface area contributed by atoms with Gasteiger partial charge in [-0.2, -0.15) is 12.7 Å². The molecule has 0 radical (unpaired) electrons. The van der Waals surface area contributed by atoms with E-state index in [1.54, 1.807) is 0 Å². The standard InChI is InChI=1S/C10H15N3O3S.ClH/c1-13(2)17(15,16)12-9-5-3-8(4-6-9)10(14)7-11;/h3-6,12H,7,11H2,1-2H3;1H. The second kappa shape index (κ2) is 6.69. The van der Waals surface area contributed by atoms with Crippen molar-refractivity contribution in [2.45, 2.75) is 0 Å². The lowest BCUT2D eigenvalue weighted by molar-refractivity contribution is 0.100. The fourth-order valence-electron chi connectivity index (χ4n) is 1.08. The first-order valence-electron chi connectivity index (χ1n) is 4.90. The van der Waals surface area contributed by atoms with E-state index in [-0.39, 0.29) is 24.7 Å². The van der Waals surface area contributed by atoms with E-state index in [0.29, 0.717) is 11.3 Å². The van der Waals surface area contributed by atoms with Crippen molar-refractivity contribution in [2.24, 2.45) is 5.73 Å². The number of nitrogens with two attached hydrogens (primary N) is 1. The fourth-order valence-corrected chi connectivity index (χ4v) is 1.70. The number of hydrogen-bond donors (Lipinski definition) is 2. The lowest BCUT2D eigenvalue weighted by Gasteiger charge is -2.13. The SMILES string of the molecule is CN(C)S(=O)(=O)Nc1ccc(C(=O)CN)cc1.Cl. The molecule has 0 bridgehead atoms. The quantitative estimate of drug-likeness (QED) is 0.772. The summed E-state index contributed by atoms with van der Waals surface area (Å²) in [4.78, 5) is 11.2. The maximum absolute atomic E-state index is 11.5. The maximum Gasteiger partial charge on any atom is 0.301 e. The molecule has 6 nitrogen and oxygen atoms in total. The van der Waals surface area contributed by atoms with Crippen molar-refractivity contribution >= 4 is 34.1 Å². The van der Waals surface area contributed by atoms with Crippen molar-refractivity contribution in [1.82, 2.24) is 4.31 Å². The Bertz CT molecular complexity index is 500. The summed E-state index contributed by atoms with van der Waals surface area (Å²) in [5.41, 5.74) is 6.07. The van der Waals surface area contributed by atoms with Crippen LogP contribution >= 0.6 is 12.4 Å². The summed E-state index contributed by atoms with van der Waals surface area (Å²) in [5.74, 6) is -0.188. The molecule has 1 aromatic carbocycles. The average molecular weight is 294 g/mol. The van der Waals surface area contributed by atoms with E-state index in [1.807, 2.05) is 0 Å². The number of halogens is 1. The predicted molar refractivity (Wildman–Crippen MR) is 73.3 cm³/mol. The number of hydrogen-bond acceptors (Lipinski definition) is 4. The zero-order valence-corrected chi connectivity index (χ0v) is 11.7. The highest BCUT2D eigenvalue weighted by atomic mass is 35.5. The predicted octanol–water partition coefficient (Wildman–Crippen LogP) is 0.468. The van der Waals surface area contributed by atoms with Gasteiger partial charge in [0.15, 0.2) is 5.78 Å². The molecule has 3 N–H and O–H groups in total. The summed E-state index contributed by atoms with van der Waals surface area (Å²) in [6.45, 7) is -0.0667. The topological polar surface area (TPSA) is 92.5 Å². The summed E-state index contributed by atoms with van der Waals surface area (Å²) in [6.07, 6.45) is 0. The van der Waals surface area contributed by atoms with Crippen LogP contribution in [0.4, 0.5) is 5.69 Å². The number of nitrogens with one attached hydrogen (secondary N) is 1. The molecule has 0 aliphatic carbocycles. The summed E-state index contributed by atoms with van der Waals surface area (Å²) in [6, 6.07) is 6.10. The normalized spacial score (nSPS) is 10.9. The Morgan fingerprint density at radius 3 is 2.17 bits per heavy atom. The number of carbonyl (C=O) groups is 1. The second-order valence-corrected chi connectivity index (χ2v) is 5.48. The molecule has 1 rings (SSSR count). The molecule has 0 heterocycles. The number of ketones is 1. The summed E-state index contributed by atoms with van der Waals surface area (Å²) in [7, 11) is -0.666. The fraction of sp³-hybridized carbons (Fsp3) is 0.300. The van der Waals surface area contributed by atoms with E-state index in [0.717, 1.165) is 4.31 Å². The number of carbonyl (C=O) groups excluding carboxylic acids is 1. The van der Waals surface area contributed by atoms with Crippen LogP contribution in [0.1, 0.15) is 10.4 Å². The van der Waals surface area contributed by atoms with Crippen LogP contribution in [0.3, 0.4) is 0 Å². The molecular formula is C10H16ClN3O3S. The van der Waals surface area contributed by atoms with Gasteiger partial charge in [-0.25, -0.2) is 0 Å². The van der Waals surface area contributed by atoms with E-state index in [2.05, 4.69) is 4.72 Å². The molecule has 0 atom stereocenters. The van der Waals surface area contributed by atoms with Crippen molar-refractivity contribution in [2.75, 3.05) is 25.4 Å². The molecule has 1 aromatic rings. The van der Waals surface area contributed by atoms with Crippen molar-refractivity contribution < 1.29 is 13.2 Å². The van der Waals surface area contributed by atoms with Gasteiger partial charge in [0.25, 0.3) is 0 Å². The second-order valence-electron chi connectivity index (χ2n) is 3.59. The van der Waals surface area contributed by atoms with Crippen LogP contribution in [0.5, 0.6) is 0 Å². The molecule has 0 saturated carbocycles. The van der Waals surface area contributed by atoms with E-state index in [4.69, 9.17) is 5.73 Å². The lowest BCUT2D eigenvalue weighted by Crippen LogP contribution is -2.28. The molecule has 0 saturated heterocycles. The van der Waals surface area contributed by atoms with E-state index in [1.165, 1.54) is 38.4 Å². The van der Waals surface area contributed by atoms with Crippen molar-refractivity contribution in [3.05, 3.63) is 29.8 Å². The molecule has 0 spiro atoms. The first-order valence-corrected chi connectivity index (χ1v) is 6.34. The van der Waals surface area contributed by atoms with Crippen LogP contribution in [0.2, 0.25) is 0 Å². The molecule has 0 amide bonds. The van der Waals surface area contributed by atoms with Crippen LogP contribution < -0.4 is 10.5 Å². The zero-order chi connectivity index (χ0) is 13.1. The minimum atomic E-state index is -3.52. The average Bonchev–Trinajstić information content (AvgIpc) is 2.28. The molecule has 0 aliphatic heterocycles. The molecular weight excluding hydrogens is 278 g/mol. The van der Waals surface area contributed by atoms with E-state index in [9.17, 15) is 13.2 Å². The zero-order valence-electron chi connectivity index (χ0n) is 10.1. The number of rotatable bonds is 5. The van der Waals surface area contributed by atoms with E-state index >= 15 is 0 Å². The Labute approximate surface area is 113 Å². The van der Waals surface area contributed by atoms with Gasteiger partial charge in [0.05, 0.1) is 6.54 Å². The molecule has 0 fully saturated rings. The van der Waals surface area contributed by atoms with Gasteiger partial charge < -0.3 is 5.73 Å². The summed E-state index contributed by atoms with van der Waals surface area (Å²) >= 11 is 0. The molecule has 102 valence electrons. The van der Waals surface area contributed by atoms with Crippen molar-refractivity contribution in [3.63, 3.8) is 0 Å². The van der Waals surface area contributed by atoms with Gasteiger partial charge in [-0.3, -0.25) is 9.52 Å². The highest BCUT2D eigenvalue weighted by molar-refractivity contribution is 7.90. The third-order valence-corrected chi connectivity index (χ3v) is 3.57. The number of Topliss-reactive ketones (excluding diaryl/α,β-unsaturated/α-hetero) is 1. The van der Waals surface area contributed by atoms with Gasteiger partial charge in [0.1, 0.15) is 0 Å². The Hall–Kier alpha value is -1.15. The summed E-state index contributed by atoms with van der Waals surface area (Å²) < 4.78 is 26.4. The Morgan fingerprint density at radius 1 is 1.28 bits per heavy atom. The van der Waals surface area contributed by atoms with Crippen LogP contribution in [0, 0.1) is 0 Å². The smallest absolute Gasteiger partial charge is 0.301 e. The largest absolute Gasteiger partial charge is 0.324 e. The van der Waals surface area contributed by atoms with Crippen LogP contribution in [0.25, 0.3) is 0 Å². The van der Waals surface area contributed by atoms with Gasteiger partial charge in [-0.15, -0.1) is 12.4 Å². The first-order chi connectivity index (χ1) is 7.86. The third-order valence-electron chi connectivity index (χ3n) is 2.12. The molecule has 0 aliphatic rings. The monoisotopic (exact) mass is 293 g/mol. The Kier molecular flexibility index (Phi) is 6.27. The molecule has 0 unspecified atom stereocenters. The maximum atomic E-state index is 11.5. The minimum absolute atomic E-state index is 0.